The van der Waals surface area contributed by atoms with Crippen LogP contribution in [0.2, 0.25) is 0 Å². The van der Waals surface area contributed by atoms with Gasteiger partial charge < -0.3 is 4.74 Å². The van der Waals surface area contributed by atoms with Crippen LogP contribution >= 0.6 is 0 Å². The predicted molar refractivity (Wildman–Crippen MR) is 77.5 cm³/mol. The monoisotopic (exact) mass is 235 g/mol. The molecule has 0 aliphatic rings. The minimum absolute atomic E-state index is 0.774. The van der Waals surface area contributed by atoms with Gasteiger partial charge in [0.2, 0.25) is 0 Å². The number of aromatic nitrogens is 1. The van der Waals surface area contributed by atoms with Crippen molar-refractivity contribution in [2.75, 3.05) is 7.11 Å². The summed E-state index contributed by atoms with van der Waals surface area (Å²) in [5.74, 6) is 0.774. The summed E-state index contributed by atoms with van der Waals surface area (Å²) in [4.78, 5) is 4.06. The van der Waals surface area contributed by atoms with Gasteiger partial charge >= 0.3 is 0 Å². The Morgan fingerprint density at radius 3 is 2.18 bits per heavy atom. The Kier molecular flexibility index (Phi) is 13.1. The third-order valence-electron chi connectivity index (χ3n) is 1.80. The normalized spacial score (nSPS) is 10.7. The summed E-state index contributed by atoms with van der Waals surface area (Å²) in [6, 6.07) is 0. The molecule has 0 aliphatic heterocycles. The Morgan fingerprint density at radius 2 is 1.76 bits per heavy atom. The average Bonchev–Trinajstić information content (AvgIpc) is 2.44. The predicted octanol–water partition coefficient (Wildman–Crippen LogP) is 2.91. The van der Waals surface area contributed by atoms with Crippen LogP contribution in [-0.2, 0) is 0 Å². The Bertz CT molecular complexity index is 407. The lowest BCUT2D eigenvalue weighted by Crippen LogP contribution is -2.26. The van der Waals surface area contributed by atoms with Gasteiger partial charge in [0.25, 0.3) is 0 Å². The Morgan fingerprint density at radius 1 is 1.18 bits per heavy atom. The van der Waals surface area contributed by atoms with E-state index in [9.17, 15) is 0 Å². The van der Waals surface area contributed by atoms with E-state index in [1.165, 1.54) is 0 Å². The highest BCUT2D eigenvalue weighted by atomic mass is 16.5. The molecule has 2 heteroatoms. The van der Waals surface area contributed by atoms with E-state index in [2.05, 4.69) is 11.6 Å². The highest BCUT2D eigenvalue weighted by Crippen LogP contribution is 1.94. The molecule has 0 spiro atoms. The number of nitrogens with zero attached hydrogens (tertiary/aromatic N) is 1. The fourth-order valence-electron chi connectivity index (χ4n) is 1.16. The first-order valence-electron chi connectivity index (χ1n) is 6.10. The third-order valence-corrected chi connectivity index (χ3v) is 1.80. The molecule has 0 fully saturated rings. The molecule has 1 heterocycles. The van der Waals surface area contributed by atoms with Crippen molar-refractivity contribution in [2.45, 2.75) is 34.6 Å². The van der Waals surface area contributed by atoms with Crippen molar-refractivity contribution >= 4 is 12.2 Å². The van der Waals surface area contributed by atoms with Gasteiger partial charge in [0.05, 0.1) is 13.3 Å². The van der Waals surface area contributed by atoms with Crippen molar-refractivity contribution in [3.05, 3.63) is 35.5 Å². The Labute approximate surface area is 105 Å². The quantitative estimate of drug-likeness (QED) is 0.786. The molecule has 0 atom stereocenters. The molecule has 0 amide bonds. The molecule has 0 aliphatic carbocycles. The second-order valence-corrected chi connectivity index (χ2v) is 2.54. The molecule has 17 heavy (non-hydrogen) atoms. The van der Waals surface area contributed by atoms with Crippen molar-refractivity contribution in [1.82, 2.24) is 4.98 Å². The molecule has 96 valence electrons. The zero-order valence-electron chi connectivity index (χ0n) is 11.9. The van der Waals surface area contributed by atoms with Crippen LogP contribution in [0.3, 0.4) is 0 Å². The fourth-order valence-corrected chi connectivity index (χ4v) is 1.16. The molecule has 0 unspecified atom stereocenters. The summed E-state index contributed by atoms with van der Waals surface area (Å²) in [5.41, 5.74) is 0. The van der Waals surface area contributed by atoms with E-state index in [1.807, 2.05) is 46.8 Å². The van der Waals surface area contributed by atoms with Crippen LogP contribution in [0.25, 0.3) is 12.2 Å². The number of pyridine rings is 1. The average molecular weight is 235 g/mol. The van der Waals surface area contributed by atoms with E-state index >= 15 is 0 Å². The van der Waals surface area contributed by atoms with Gasteiger partial charge in [-0.3, -0.25) is 4.98 Å². The van der Waals surface area contributed by atoms with Crippen molar-refractivity contribution in [3.63, 3.8) is 0 Å². The molecular formula is C15H25NO. The summed E-state index contributed by atoms with van der Waals surface area (Å²) in [7, 11) is 1.64. The molecule has 2 nitrogen and oxygen atoms in total. The topological polar surface area (TPSA) is 22.1 Å². The number of rotatable bonds is 2. The van der Waals surface area contributed by atoms with E-state index in [4.69, 9.17) is 4.74 Å². The van der Waals surface area contributed by atoms with Crippen LogP contribution in [0.15, 0.2) is 25.0 Å². The second kappa shape index (κ2) is 12.5. The Balaban J connectivity index is 0. The number of hydrogen-bond acceptors (Lipinski definition) is 2. The van der Waals surface area contributed by atoms with E-state index < -0.39 is 0 Å². The zero-order valence-corrected chi connectivity index (χ0v) is 11.9. The molecule has 0 radical (unpaired) electrons. The number of methoxy groups -OCH3 is 1. The number of ether oxygens (including phenoxy) is 1. The van der Waals surface area contributed by atoms with Crippen molar-refractivity contribution < 1.29 is 4.74 Å². The minimum Gasteiger partial charge on any atom is -0.494 e. The Hall–Kier alpha value is -1.57. The van der Waals surface area contributed by atoms with E-state index in [-0.39, 0.29) is 0 Å². The van der Waals surface area contributed by atoms with Crippen LogP contribution in [0.5, 0.6) is 5.75 Å². The van der Waals surface area contributed by atoms with Crippen molar-refractivity contribution in [1.29, 1.82) is 0 Å². The number of allylic oxidation sites excluding steroid dienone is 1. The lowest BCUT2D eigenvalue weighted by Gasteiger charge is -1.99. The van der Waals surface area contributed by atoms with Gasteiger partial charge in [0.1, 0.15) is 5.75 Å². The molecule has 1 aromatic rings. The van der Waals surface area contributed by atoms with Gasteiger partial charge in [0, 0.05) is 11.4 Å². The standard InChI is InChI=1S/C11H13NO.2C2H6/c1-4-6-10-9(5-2)7-12-8-11(10)13-3;2*1-2/h4-8H,1H2,2-3H3;2*1-2H3/b9-5-,10-6+;;. The first-order chi connectivity index (χ1) is 8.33. The van der Waals surface area contributed by atoms with Crippen LogP contribution in [-0.4, -0.2) is 12.1 Å². The molecule has 0 saturated heterocycles. The van der Waals surface area contributed by atoms with Crippen LogP contribution in [0.1, 0.15) is 34.6 Å². The molecule has 1 rings (SSSR count). The first-order valence-corrected chi connectivity index (χ1v) is 6.10. The highest BCUT2D eigenvalue weighted by Gasteiger charge is 1.93. The van der Waals surface area contributed by atoms with Gasteiger partial charge in [0.15, 0.2) is 0 Å². The lowest BCUT2D eigenvalue weighted by molar-refractivity contribution is 0.409. The lowest BCUT2D eigenvalue weighted by atomic mass is 10.2. The van der Waals surface area contributed by atoms with E-state index in [1.54, 1.807) is 25.6 Å². The minimum atomic E-state index is 0.774. The summed E-state index contributed by atoms with van der Waals surface area (Å²) >= 11 is 0. The van der Waals surface area contributed by atoms with Crippen LogP contribution in [0.4, 0.5) is 0 Å². The smallest absolute Gasteiger partial charge is 0.144 e. The number of hydrogen-bond donors (Lipinski definition) is 0. The van der Waals surface area contributed by atoms with Gasteiger partial charge in [-0.1, -0.05) is 52.5 Å². The van der Waals surface area contributed by atoms with Crippen molar-refractivity contribution in [3.8, 4) is 5.75 Å². The molecule has 0 aromatic carbocycles. The highest BCUT2D eigenvalue weighted by molar-refractivity contribution is 5.42. The van der Waals surface area contributed by atoms with E-state index in [0.29, 0.717) is 0 Å². The second-order valence-electron chi connectivity index (χ2n) is 2.54. The summed E-state index contributed by atoms with van der Waals surface area (Å²) in [6.45, 7) is 13.6. The van der Waals surface area contributed by atoms with Gasteiger partial charge in [-0.2, -0.15) is 0 Å². The largest absolute Gasteiger partial charge is 0.494 e. The molecule has 0 bridgehead atoms. The van der Waals surface area contributed by atoms with Gasteiger partial charge in [-0.15, -0.1) is 0 Å². The van der Waals surface area contributed by atoms with Crippen molar-refractivity contribution in [2.24, 2.45) is 0 Å². The summed E-state index contributed by atoms with van der Waals surface area (Å²) < 4.78 is 5.18. The first kappa shape index (κ1) is 17.8. The zero-order chi connectivity index (χ0) is 13.7. The SMILES string of the molecule is C=C/C=c1/c(OC)cnc/c1=C/C.CC.CC. The van der Waals surface area contributed by atoms with Gasteiger partial charge in [-0.05, 0) is 12.1 Å². The molecule has 0 N–H and O–H groups in total. The molecule has 1 aromatic heterocycles. The maximum Gasteiger partial charge on any atom is 0.144 e. The molecule has 0 saturated carbocycles. The van der Waals surface area contributed by atoms with Gasteiger partial charge in [-0.25, -0.2) is 0 Å². The fraction of sp³-hybridized carbons (Fsp3) is 0.400. The molecular weight excluding hydrogens is 210 g/mol. The van der Waals surface area contributed by atoms with E-state index in [0.717, 1.165) is 16.2 Å². The summed E-state index contributed by atoms with van der Waals surface area (Å²) in [6.07, 6.45) is 9.14. The maximum absolute atomic E-state index is 5.18. The van der Waals surface area contributed by atoms with Crippen LogP contribution in [0, 0.1) is 0 Å². The van der Waals surface area contributed by atoms with Crippen LogP contribution < -0.4 is 15.2 Å². The maximum atomic E-state index is 5.18. The third kappa shape index (κ3) is 5.91. The summed E-state index contributed by atoms with van der Waals surface area (Å²) in [5, 5.41) is 2.08.